The van der Waals surface area contributed by atoms with Gasteiger partial charge in [0, 0.05) is 6.92 Å². The first kappa shape index (κ1) is 8.99. The average molecular weight is 141 g/mol. The average Bonchev–Trinajstić information content (AvgIpc) is 1.87. The van der Waals surface area contributed by atoms with E-state index in [0.717, 1.165) is 0 Å². The normalized spacial score (nSPS) is 7.80. The maximum absolute atomic E-state index is 10.2. The lowest BCUT2D eigenvalue weighted by Gasteiger charge is -1.90. The molecule has 0 amide bonds. The van der Waals surface area contributed by atoms with Crippen molar-refractivity contribution in [3.8, 4) is 11.8 Å². The molecule has 0 saturated carbocycles. The van der Waals surface area contributed by atoms with Crippen LogP contribution in [0, 0.1) is 11.8 Å². The minimum absolute atomic E-state index is 0.191. The predicted molar refractivity (Wildman–Crippen MR) is 38.3 cm³/mol. The van der Waals surface area contributed by atoms with Gasteiger partial charge in [-0.1, -0.05) is 11.8 Å². The molecule has 3 nitrogen and oxygen atoms in total. The molecule has 0 fully saturated rings. The van der Waals surface area contributed by atoms with Crippen molar-refractivity contribution in [3.05, 3.63) is 0 Å². The van der Waals surface area contributed by atoms with E-state index in [1.807, 2.05) is 0 Å². The van der Waals surface area contributed by atoms with Crippen molar-refractivity contribution in [1.29, 1.82) is 0 Å². The number of carbonyl (C=O) groups is 1. The minimum atomic E-state index is -0.293. The lowest BCUT2D eigenvalue weighted by molar-refractivity contribution is -0.139. The molecule has 0 radical (unpaired) electrons. The van der Waals surface area contributed by atoms with Gasteiger partial charge in [-0.15, -0.1) is 0 Å². The van der Waals surface area contributed by atoms with Gasteiger partial charge >= 0.3 is 5.97 Å². The Kier molecular flexibility index (Phi) is 5.50. The molecule has 0 spiro atoms. The van der Waals surface area contributed by atoms with E-state index in [-0.39, 0.29) is 12.6 Å². The summed E-state index contributed by atoms with van der Waals surface area (Å²) in [4.78, 5) is 10.2. The van der Waals surface area contributed by atoms with Gasteiger partial charge in [0.2, 0.25) is 0 Å². The molecule has 3 heteroatoms. The highest BCUT2D eigenvalue weighted by Gasteiger charge is 1.84. The maximum Gasteiger partial charge on any atom is 0.303 e. The molecule has 0 saturated heterocycles. The molecule has 0 heterocycles. The van der Waals surface area contributed by atoms with E-state index in [0.29, 0.717) is 6.54 Å². The largest absolute Gasteiger partial charge is 0.453 e. The van der Waals surface area contributed by atoms with Crippen LogP contribution >= 0.6 is 0 Å². The number of rotatable bonds is 2. The molecular formula is C7H11NO2. The van der Waals surface area contributed by atoms with E-state index in [1.54, 1.807) is 7.05 Å². The third-order valence-corrected chi connectivity index (χ3v) is 0.738. The van der Waals surface area contributed by atoms with Crippen LogP contribution in [0.1, 0.15) is 6.92 Å². The summed E-state index contributed by atoms with van der Waals surface area (Å²) in [6.45, 7) is 2.18. The molecule has 0 rings (SSSR count). The highest BCUT2D eigenvalue weighted by Crippen LogP contribution is 1.71. The molecule has 0 unspecified atom stereocenters. The summed E-state index contributed by atoms with van der Waals surface area (Å²) in [7, 11) is 1.81. The topological polar surface area (TPSA) is 38.3 Å². The van der Waals surface area contributed by atoms with Crippen molar-refractivity contribution in [2.24, 2.45) is 0 Å². The summed E-state index contributed by atoms with van der Waals surface area (Å²) < 4.78 is 4.55. The van der Waals surface area contributed by atoms with Crippen LogP contribution in [-0.4, -0.2) is 26.2 Å². The van der Waals surface area contributed by atoms with Gasteiger partial charge in [-0.3, -0.25) is 4.79 Å². The van der Waals surface area contributed by atoms with Gasteiger partial charge < -0.3 is 10.1 Å². The number of hydrogen-bond acceptors (Lipinski definition) is 3. The van der Waals surface area contributed by atoms with Crippen LogP contribution in [-0.2, 0) is 9.53 Å². The monoisotopic (exact) mass is 141 g/mol. The van der Waals surface area contributed by atoms with Gasteiger partial charge in [0.1, 0.15) is 0 Å². The number of esters is 1. The fourth-order valence-electron chi connectivity index (χ4n) is 0.340. The molecule has 0 atom stereocenters. The summed E-state index contributed by atoms with van der Waals surface area (Å²) in [6.07, 6.45) is 0. The standard InChI is InChI=1S/C7H11NO2/c1-7(9)10-6-4-3-5-8-2/h8H,5-6H2,1-2H3. The second kappa shape index (κ2) is 6.12. The summed E-state index contributed by atoms with van der Waals surface area (Å²) in [5.74, 6) is 5.12. The quantitative estimate of drug-likeness (QED) is 0.426. The van der Waals surface area contributed by atoms with Crippen LogP contribution in [0.25, 0.3) is 0 Å². The van der Waals surface area contributed by atoms with Crippen LogP contribution < -0.4 is 5.32 Å². The van der Waals surface area contributed by atoms with Crippen molar-refractivity contribution >= 4 is 5.97 Å². The summed E-state index contributed by atoms with van der Waals surface area (Å²) in [6, 6.07) is 0. The number of carbonyl (C=O) groups excluding carboxylic acids is 1. The van der Waals surface area contributed by atoms with Gasteiger partial charge in [0.15, 0.2) is 6.61 Å². The molecule has 0 aliphatic carbocycles. The maximum atomic E-state index is 10.2. The van der Waals surface area contributed by atoms with Crippen molar-refractivity contribution in [3.63, 3.8) is 0 Å². The summed E-state index contributed by atoms with van der Waals surface area (Å²) in [5, 5.41) is 2.84. The van der Waals surface area contributed by atoms with Crippen LogP contribution in [0.5, 0.6) is 0 Å². The van der Waals surface area contributed by atoms with E-state index in [1.165, 1.54) is 6.92 Å². The highest BCUT2D eigenvalue weighted by atomic mass is 16.5. The molecule has 56 valence electrons. The summed E-state index contributed by atoms with van der Waals surface area (Å²) in [5.41, 5.74) is 0. The molecule has 0 aliphatic rings. The second-order valence-corrected chi connectivity index (χ2v) is 1.66. The van der Waals surface area contributed by atoms with E-state index in [2.05, 4.69) is 21.9 Å². The van der Waals surface area contributed by atoms with E-state index in [4.69, 9.17) is 0 Å². The molecule has 0 aromatic heterocycles. The van der Waals surface area contributed by atoms with E-state index >= 15 is 0 Å². The molecule has 1 N–H and O–H groups in total. The fourth-order valence-corrected chi connectivity index (χ4v) is 0.340. The van der Waals surface area contributed by atoms with Gasteiger partial charge in [0.05, 0.1) is 6.54 Å². The Morgan fingerprint density at radius 3 is 2.80 bits per heavy atom. The van der Waals surface area contributed by atoms with E-state index in [9.17, 15) is 4.79 Å². The second-order valence-electron chi connectivity index (χ2n) is 1.66. The fraction of sp³-hybridized carbons (Fsp3) is 0.571. The number of nitrogens with one attached hydrogen (secondary N) is 1. The number of ether oxygens (including phenoxy) is 1. The molecular weight excluding hydrogens is 130 g/mol. The summed E-state index contributed by atoms with van der Waals surface area (Å²) >= 11 is 0. The molecule has 0 bridgehead atoms. The number of hydrogen-bond donors (Lipinski definition) is 1. The zero-order valence-electron chi connectivity index (χ0n) is 6.23. The van der Waals surface area contributed by atoms with E-state index < -0.39 is 0 Å². The smallest absolute Gasteiger partial charge is 0.303 e. The predicted octanol–water partition coefficient (Wildman–Crippen LogP) is -0.228. The Balaban J connectivity index is 3.20. The van der Waals surface area contributed by atoms with Crippen molar-refractivity contribution in [2.45, 2.75) is 6.92 Å². The third-order valence-electron chi connectivity index (χ3n) is 0.738. The molecule has 10 heavy (non-hydrogen) atoms. The zero-order valence-corrected chi connectivity index (χ0v) is 6.23. The first-order valence-corrected chi connectivity index (χ1v) is 3.01. The van der Waals surface area contributed by atoms with Crippen LogP contribution in [0.2, 0.25) is 0 Å². The lowest BCUT2D eigenvalue weighted by atomic mass is 10.6. The van der Waals surface area contributed by atoms with Crippen molar-refractivity contribution in [1.82, 2.24) is 5.32 Å². The first-order valence-electron chi connectivity index (χ1n) is 3.01. The molecule has 0 aromatic rings. The highest BCUT2D eigenvalue weighted by molar-refractivity contribution is 5.66. The van der Waals surface area contributed by atoms with Crippen molar-refractivity contribution < 1.29 is 9.53 Å². The lowest BCUT2D eigenvalue weighted by Crippen LogP contribution is -2.05. The van der Waals surface area contributed by atoms with Crippen molar-refractivity contribution in [2.75, 3.05) is 20.2 Å². The molecule has 0 aromatic carbocycles. The van der Waals surface area contributed by atoms with Gasteiger partial charge in [-0.25, -0.2) is 0 Å². The Labute approximate surface area is 60.8 Å². The third kappa shape index (κ3) is 6.99. The zero-order chi connectivity index (χ0) is 7.82. The SMILES string of the molecule is CNCC#CCOC(C)=O. The Morgan fingerprint density at radius 1 is 1.60 bits per heavy atom. The van der Waals surface area contributed by atoms with Gasteiger partial charge in [-0.05, 0) is 7.05 Å². The van der Waals surface area contributed by atoms with Crippen LogP contribution in [0.4, 0.5) is 0 Å². The Bertz CT molecular complexity index is 155. The van der Waals surface area contributed by atoms with Crippen LogP contribution in [0.15, 0.2) is 0 Å². The minimum Gasteiger partial charge on any atom is -0.453 e. The Morgan fingerprint density at radius 2 is 2.30 bits per heavy atom. The van der Waals surface area contributed by atoms with Gasteiger partial charge in [-0.2, -0.15) is 0 Å². The first-order chi connectivity index (χ1) is 4.77. The van der Waals surface area contributed by atoms with Crippen LogP contribution in [0.3, 0.4) is 0 Å². The molecule has 0 aliphatic heterocycles. The van der Waals surface area contributed by atoms with Gasteiger partial charge in [0.25, 0.3) is 0 Å². The Hall–Kier alpha value is -1.01.